The second-order valence-electron chi connectivity index (χ2n) is 2.59. The third-order valence-electron chi connectivity index (χ3n) is 1.68. The van der Waals surface area contributed by atoms with E-state index >= 15 is 0 Å². The molecule has 4 heteroatoms. The van der Waals surface area contributed by atoms with Gasteiger partial charge in [-0.15, -0.1) is 0 Å². The highest BCUT2D eigenvalue weighted by Gasteiger charge is 2.03. The lowest BCUT2D eigenvalue weighted by atomic mass is 10.2. The van der Waals surface area contributed by atoms with Gasteiger partial charge < -0.3 is 0 Å². The third kappa shape index (κ3) is 1.67. The first-order chi connectivity index (χ1) is 6.16. The van der Waals surface area contributed by atoms with Gasteiger partial charge in [-0.05, 0) is 40.2 Å². The molecule has 0 N–H and O–H groups in total. The molecule has 13 heavy (non-hydrogen) atoms. The van der Waals surface area contributed by atoms with Crippen LogP contribution < -0.4 is 0 Å². The lowest BCUT2D eigenvalue weighted by molar-refractivity contribution is 0.629. The Balaban J connectivity index is 2.87. The lowest BCUT2D eigenvalue weighted by Crippen LogP contribution is -1.83. The maximum atomic E-state index is 12.9. The Morgan fingerprint density at radius 2 is 2.08 bits per heavy atom. The van der Waals surface area contributed by atoms with E-state index in [1.165, 1.54) is 12.1 Å². The van der Waals surface area contributed by atoms with E-state index in [0.717, 1.165) is 5.39 Å². The molecule has 0 saturated heterocycles. The van der Waals surface area contributed by atoms with Gasteiger partial charge in [0.1, 0.15) is 11.0 Å². The van der Waals surface area contributed by atoms with E-state index < -0.39 is 0 Å². The zero-order valence-electron chi connectivity index (χ0n) is 6.39. The van der Waals surface area contributed by atoms with Crippen LogP contribution in [0.5, 0.6) is 0 Å². The number of pyridine rings is 1. The minimum atomic E-state index is -0.288. The van der Waals surface area contributed by atoms with Crippen molar-refractivity contribution in [3.63, 3.8) is 0 Å². The highest BCUT2D eigenvalue weighted by molar-refractivity contribution is 9.10. The fraction of sp³-hybridized carbons (Fsp3) is 0. The van der Waals surface area contributed by atoms with Gasteiger partial charge in [-0.3, -0.25) is 0 Å². The number of hydrogen-bond acceptors (Lipinski definition) is 1. The van der Waals surface area contributed by atoms with Crippen molar-refractivity contribution >= 4 is 38.4 Å². The molecule has 66 valence electrons. The largest absolute Gasteiger partial charge is 0.235 e. The minimum Gasteiger partial charge on any atom is -0.235 e. The highest BCUT2D eigenvalue weighted by Crippen LogP contribution is 2.24. The second kappa shape index (κ2) is 3.24. The monoisotopic (exact) mass is 259 g/mol. The second-order valence-corrected chi connectivity index (χ2v) is 3.83. The Morgan fingerprint density at radius 3 is 2.85 bits per heavy atom. The number of halogens is 3. The van der Waals surface area contributed by atoms with Gasteiger partial charge in [-0.25, -0.2) is 9.37 Å². The van der Waals surface area contributed by atoms with Crippen LogP contribution in [0.3, 0.4) is 0 Å². The van der Waals surface area contributed by atoms with Gasteiger partial charge in [-0.1, -0.05) is 11.6 Å². The van der Waals surface area contributed by atoms with Gasteiger partial charge in [0.05, 0.1) is 5.52 Å². The van der Waals surface area contributed by atoms with Gasteiger partial charge in [-0.2, -0.15) is 0 Å². The normalized spacial score (nSPS) is 10.7. The molecule has 2 aromatic rings. The molecule has 0 spiro atoms. The van der Waals surface area contributed by atoms with Crippen LogP contribution in [0.15, 0.2) is 28.7 Å². The molecular weight excluding hydrogens is 256 g/mol. The zero-order chi connectivity index (χ0) is 9.42. The average Bonchev–Trinajstić information content (AvgIpc) is 2.06. The summed E-state index contributed by atoms with van der Waals surface area (Å²) in [6.45, 7) is 0. The Hall–Kier alpha value is -0.670. The molecule has 0 bridgehead atoms. The zero-order valence-corrected chi connectivity index (χ0v) is 8.73. The van der Waals surface area contributed by atoms with E-state index in [-0.39, 0.29) is 5.82 Å². The van der Waals surface area contributed by atoms with Crippen molar-refractivity contribution in [1.29, 1.82) is 0 Å². The Bertz CT molecular complexity index is 472. The van der Waals surface area contributed by atoms with Gasteiger partial charge in [0, 0.05) is 9.86 Å². The number of benzene rings is 1. The van der Waals surface area contributed by atoms with Crippen LogP contribution in [0.25, 0.3) is 10.9 Å². The quantitative estimate of drug-likeness (QED) is 0.657. The van der Waals surface area contributed by atoms with Crippen LogP contribution in [-0.4, -0.2) is 4.98 Å². The van der Waals surface area contributed by atoms with Crippen molar-refractivity contribution in [3.8, 4) is 0 Å². The molecule has 1 aromatic heterocycles. The molecule has 0 aliphatic rings. The van der Waals surface area contributed by atoms with Crippen LogP contribution in [0.4, 0.5) is 4.39 Å². The maximum Gasteiger partial charge on any atom is 0.129 e. The molecule has 0 atom stereocenters. The first-order valence-electron chi connectivity index (χ1n) is 3.58. The topological polar surface area (TPSA) is 12.9 Å². The molecule has 2 rings (SSSR count). The standard InChI is InChI=1S/C9H4BrClFN/c10-7-4-6(12)3-5-1-2-8(11)13-9(5)7/h1-4H. The predicted molar refractivity (Wildman–Crippen MR) is 54.4 cm³/mol. The molecule has 0 saturated carbocycles. The van der Waals surface area contributed by atoms with Crippen molar-refractivity contribution < 1.29 is 4.39 Å². The molecule has 0 fully saturated rings. The Kier molecular flexibility index (Phi) is 2.22. The summed E-state index contributed by atoms with van der Waals surface area (Å²) in [5.74, 6) is -0.288. The number of hydrogen-bond donors (Lipinski definition) is 0. The van der Waals surface area contributed by atoms with E-state index in [0.29, 0.717) is 15.1 Å². The van der Waals surface area contributed by atoms with Crippen molar-refractivity contribution in [1.82, 2.24) is 4.98 Å². The van der Waals surface area contributed by atoms with Gasteiger partial charge in [0.2, 0.25) is 0 Å². The smallest absolute Gasteiger partial charge is 0.129 e. The van der Waals surface area contributed by atoms with Gasteiger partial charge >= 0.3 is 0 Å². The van der Waals surface area contributed by atoms with Crippen LogP contribution in [-0.2, 0) is 0 Å². The molecule has 1 nitrogen and oxygen atoms in total. The summed E-state index contributed by atoms with van der Waals surface area (Å²) in [6, 6.07) is 6.16. The molecule has 0 aliphatic carbocycles. The molecule has 1 aromatic carbocycles. The number of aromatic nitrogens is 1. The molecule has 0 unspecified atom stereocenters. The van der Waals surface area contributed by atoms with E-state index in [1.807, 2.05) is 0 Å². The molecule has 0 radical (unpaired) electrons. The SMILES string of the molecule is Fc1cc(Br)c2nc(Cl)ccc2c1. The highest BCUT2D eigenvalue weighted by atomic mass is 79.9. The molecule has 0 aliphatic heterocycles. The summed E-state index contributed by atoms with van der Waals surface area (Å²) in [5, 5.41) is 1.14. The summed E-state index contributed by atoms with van der Waals surface area (Å²) >= 11 is 8.93. The number of nitrogens with zero attached hydrogens (tertiary/aromatic N) is 1. The lowest BCUT2D eigenvalue weighted by Gasteiger charge is -2.00. The maximum absolute atomic E-state index is 12.9. The molecular formula is C9H4BrClFN. The van der Waals surface area contributed by atoms with E-state index in [1.54, 1.807) is 12.1 Å². The van der Waals surface area contributed by atoms with Crippen molar-refractivity contribution in [2.24, 2.45) is 0 Å². The fourth-order valence-corrected chi connectivity index (χ4v) is 1.82. The van der Waals surface area contributed by atoms with E-state index in [4.69, 9.17) is 11.6 Å². The Morgan fingerprint density at radius 1 is 1.31 bits per heavy atom. The summed E-state index contributed by atoms with van der Waals surface area (Å²) < 4.78 is 13.5. The van der Waals surface area contributed by atoms with Crippen molar-refractivity contribution in [3.05, 3.63) is 39.7 Å². The van der Waals surface area contributed by atoms with Crippen LogP contribution >= 0.6 is 27.5 Å². The Labute approximate surface area is 87.7 Å². The third-order valence-corrected chi connectivity index (χ3v) is 2.49. The van der Waals surface area contributed by atoms with Crippen LogP contribution in [0, 0.1) is 5.82 Å². The average molecular weight is 260 g/mol. The van der Waals surface area contributed by atoms with E-state index in [2.05, 4.69) is 20.9 Å². The summed E-state index contributed by atoms with van der Waals surface area (Å²) in [5.41, 5.74) is 0.675. The van der Waals surface area contributed by atoms with Crippen LogP contribution in [0.1, 0.15) is 0 Å². The number of fused-ring (bicyclic) bond motifs is 1. The van der Waals surface area contributed by atoms with E-state index in [9.17, 15) is 4.39 Å². The van der Waals surface area contributed by atoms with Crippen molar-refractivity contribution in [2.45, 2.75) is 0 Å². The fourth-order valence-electron chi connectivity index (χ4n) is 1.13. The summed E-state index contributed by atoms with van der Waals surface area (Å²) in [7, 11) is 0. The summed E-state index contributed by atoms with van der Waals surface area (Å²) in [6.07, 6.45) is 0. The van der Waals surface area contributed by atoms with Gasteiger partial charge in [0.15, 0.2) is 0 Å². The summed E-state index contributed by atoms with van der Waals surface area (Å²) in [4.78, 5) is 4.07. The molecule has 1 heterocycles. The first kappa shape index (κ1) is 8.91. The van der Waals surface area contributed by atoms with Crippen molar-refractivity contribution in [2.75, 3.05) is 0 Å². The van der Waals surface area contributed by atoms with Gasteiger partial charge in [0.25, 0.3) is 0 Å². The first-order valence-corrected chi connectivity index (χ1v) is 4.75. The predicted octanol–water partition coefficient (Wildman–Crippen LogP) is 3.79. The minimum absolute atomic E-state index is 0.288. The van der Waals surface area contributed by atoms with Crippen LogP contribution in [0.2, 0.25) is 5.15 Å². The molecule has 0 amide bonds. The number of rotatable bonds is 0.